The highest BCUT2D eigenvalue weighted by Gasteiger charge is 2.31. The molecule has 0 spiro atoms. The summed E-state index contributed by atoms with van der Waals surface area (Å²) in [6.45, 7) is 0.386. The second-order valence-electron chi connectivity index (χ2n) is 7.10. The van der Waals surface area contributed by atoms with Crippen LogP contribution in [-0.4, -0.2) is 21.0 Å². The van der Waals surface area contributed by atoms with Crippen molar-refractivity contribution in [2.75, 3.05) is 0 Å². The highest BCUT2D eigenvalue weighted by atomic mass is 16.5. The van der Waals surface area contributed by atoms with E-state index in [0.29, 0.717) is 12.4 Å². The highest BCUT2D eigenvalue weighted by Crippen LogP contribution is 2.40. The van der Waals surface area contributed by atoms with Crippen molar-refractivity contribution < 1.29 is 14.6 Å². The largest absolute Gasteiger partial charge is 0.486 e. The number of carbonyl (C=O) groups is 1. The van der Waals surface area contributed by atoms with E-state index in [2.05, 4.69) is 9.97 Å². The van der Waals surface area contributed by atoms with Crippen LogP contribution in [-0.2, 0) is 11.4 Å². The Bertz CT molecular complexity index is 940. The van der Waals surface area contributed by atoms with Crippen molar-refractivity contribution in [2.45, 2.75) is 38.2 Å². The van der Waals surface area contributed by atoms with Crippen molar-refractivity contribution in [3.8, 4) is 5.75 Å². The molecule has 0 saturated heterocycles. The van der Waals surface area contributed by atoms with E-state index in [0.717, 1.165) is 41.6 Å². The summed E-state index contributed by atoms with van der Waals surface area (Å²) in [5, 5.41) is 10.2. The summed E-state index contributed by atoms with van der Waals surface area (Å²) in [6, 6.07) is 15.9. The van der Waals surface area contributed by atoms with Crippen LogP contribution in [0, 0.1) is 5.92 Å². The quantitative estimate of drug-likeness (QED) is 0.695. The zero-order valence-electron chi connectivity index (χ0n) is 15.0. The summed E-state index contributed by atoms with van der Waals surface area (Å²) in [5.41, 5.74) is 2.79. The lowest BCUT2D eigenvalue weighted by Crippen LogP contribution is -2.12. The average molecular weight is 362 g/mol. The van der Waals surface area contributed by atoms with Crippen LogP contribution in [0.3, 0.4) is 0 Å². The van der Waals surface area contributed by atoms with Crippen LogP contribution < -0.4 is 4.74 Å². The summed E-state index contributed by atoms with van der Waals surface area (Å²) in [6.07, 6.45) is 4.98. The summed E-state index contributed by atoms with van der Waals surface area (Å²) in [7, 11) is 0. The molecule has 0 aliphatic heterocycles. The van der Waals surface area contributed by atoms with E-state index in [1.807, 2.05) is 48.5 Å². The maximum absolute atomic E-state index is 11.0. The van der Waals surface area contributed by atoms with Crippen molar-refractivity contribution in [1.29, 1.82) is 0 Å². The van der Waals surface area contributed by atoms with Gasteiger partial charge in [-0.2, -0.15) is 0 Å². The number of hydrogen-bond donors (Lipinski definition) is 1. The third kappa shape index (κ3) is 4.08. The SMILES string of the molecule is O=C(O)CC1CCCC1c1ccc(OCc2ccc3ccccc3n2)cn1. The Balaban J connectivity index is 1.40. The van der Waals surface area contributed by atoms with E-state index in [1.54, 1.807) is 6.20 Å². The standard InChI is InChI=1S/C22H22N2O3/c25-22(26)12-16-5-3-6-19(16)21-11-10-18(13-23-21)27-14-17-9-8-15-4-1-2-7-20(15)24-17/h1-2,4,7-11,13,16,19H,3,5-6,12,14H2,(H,25,26). The Hall–Kier alpha value is -2.95. The van der Waals surface area contributed by atoms with Gasteiger partial charge in [0.1, 0.15) is 12.4 Å². The average Bonchev–Trinajstić information content (AvgIpc) is 3.14. The molecule has 0 radical (unpaired) electrons. The van der Waals surface area contributed by atoms with Gasteiger partial charge in [-0.05, 0) is 43.0 Å². The molecular weight excluding hydrogens is 340 g/mol. The summed E-state index contributed by atoms with van der Waals surface area (Å²) in [4.78, 5) is 20.2. The fourth-order valence-electron chi connectivity index (χ4n) is 3.94. The number of aliphatic carboxylic acids is 1. The van der Waals surface area contributed by atoms with Crippen LogP contribution in [0.5, 0.6) is 5.75 Å². The number of aromatic nitrogens is 2. The Kier molecular flexibility index (Phi) is 5.01. The zero-order valence-corrected chi connectivity index (χ0v) is 15.0. The molecule has 2 unspecified atom stereocenters. The van der Waals surface area contributed by atoms with E-state index in [9.17, 15) is 4.79 Å². The van der Waals surface area contributed by atoms with Gasteiger partial charge in [-0.3, -0.25) is 9.78 Å². The molecule has 2 atom stereocenters. The Morgan fingerprint density at radius 2 is 2.00 bits per heavy atom. The molecule has 27 heavy (non-hydrogen) atoms. The first kappa shape index (κ1) is 17.5. The number of hydrogen-bond acceptors (Lipinski definition) is 4. The van der Waals surface area contributed by atoms with Crippen LogP contribution in [0.4, 0.5) is 0 Å². The molecule has 4 rings (SSSR count). The van der Waals surface area contributed by atoms with Crippen molar-refractivity contribution in [1.82, 2.24) is 9.97 Å². The third-order valence-electron chi connectivity index (χ3n) is 5.28. The smallest absolute Gasteiger partial charge is 0.303 e. The van der Waals surface area contributed by atoms with E-state index in [-0.39, 0.29) is 18.3 Å². The van der Waals surface area contributed by atoms with Gasteiger partial charge in [0, 0.05) is 23.4 Å². The van der Waals surface area contributed by atoms with Crippen LogP contribution in [0.25, 0.3) is 10.9 Å². The molecule has 1 fully saturated rings. The van der Waals surface area contributed by atoms with E-state index >= 15 is 0 Å². The molecular formula is C22H22N2O3. The molecule has 1 aromatic carbocycles. The minimum Gasteiger partial charge on any atom is -0.486 e. The maximum Gasteiger partial charge on any atom is 0.303 e. The first-order chi connectivity index (χ1) is 13.2. The van der Waals surface area contributed by atoms with Crippen molar-refractivity contribution >= 4 is 16.9 Å². The first-order valence-corrected chi connectivity index (χ1v) is 9.34. The number of carboxylic acids is 1. The van der Waals surface area contributed by atoms with Gasteiger partial charge in [-0.1, -0.05) is 30.7 Å². The number of rotatable bonds is 6. The molecule has 2 heterocycles. The maximum atomic E-state index is 11.0. The molecule has 138 valence electrons. The highest BCUT2D eigenvalue weighted by molar-refractivity contribution is 5.78. The van der Waals surface area contributed by atoms with Gasteiger partial charge in [0.25, 0.3) is 0 Å². The van der Waals surface area contributed by atoms with E-state index in [1.165, 1.54) is 0 Å². The topological polar surface area (TPSA) is 72.3 Å². The van der Waals surface area contributed by atoms with Gasteiger partial charge in [-0.25, -0.2) is 4.98 Å². The number of nitrogens with zero attached hydrogens (tertiary/aromatic N) is 2. The van der Waals surface area contributed by atoms with Crippen LogP contribution in [0.2, 0.25) is 0 Å². The van der Waals surface area contributed by atoms with Gasteiger partial charge < -0.3 is 9.84 Å². The Morgan fingerprint density at radius 1 is 1.11 bits per heavy atom. The van der Waals surface area contributed by atoms with Gasteiger partial charge in [0.2, 0.25) is 0 Å². The summed E-state index contributed by atoms with van der Waals surface area (Å²) >= 11 is 0. The summed E-state index contributed by atoms with van der Waals surface area (Å²) < 4.78 is 5.83. The second-order valence-corrected chi connectivity index (χ2v) is 7.10. The molecule has 1 saturated carbocycles. The minimum atomic E-state index is -0.727. The number of ether oxygens (including phenoxy) is 1. The normalized spacial score (nSPS) is 19.3. The number of carboxylic acid groups (broad SMARTS) is 1. The lowest BCUT2D eigenvalue weighted by atomic mass is 9.90. The van der Waals surface area contributed by atoms with Gasteiger partial charge in [-0.15, -0.1) is 0 Å². The molecule has 1 aliphatic rings. The summed E-state index contributed by atoms with van der Waals surface area (Å²) in [5.74, 6) is 0.386. The third-order valence-corrected chi connectivity index (χ3v) is 5.28. The van der Waals surface area contributed by atoms with Crippen LogP contribution >= 0.6 is 0 Å². The van der Waals surface area contributed by atoms with Gasteiger partial charge >= 0.3 is 5.97 Å². The molecule has 1 N–H and O–H groups in total. The van der Waals surface area contributed by atoms with Crippen molar-refractivity contribution in [3.05, 3.63) is 66.1 Å². The molecule has 2 aromatic heterocycles. The zero-order chi connectivity index (χ0) is 18.6. The molecule has 1 aliphatic carbocycles. The Morgan fingerprint density at radius 3 is 2.81 bits per heavy atom. The van der Waals surface area contributed by atoms with Crippen LogP contribution in [0.15, 0.2) is 54.7 Å². The second kappa shape index (κ2) is 7.74. The molecule has 0 amide bonds. The number of pyridine rings is 2. The molecule has 5 heteroatoms. The fourth-order valence-corrected chi connectivity index (χ4v) is 3.94. The Labute approximate surface area is 158 Å². The lowest BCUT2D eigenvalue weighted by molar-refractivity contribution is -0.138. The molecule has 0 bridgehead atoms. The van der Waals surface area contributed by atoms with E-state index < -0.39 is 5.97 Å². The van der Waals surface area contributed by atoms with Crippen molar-refractivity contribution in [3.63, 3.8) is 0 Å². The molecule has 3 aromatic rings. The molecule has 5 nitrogen and oxygen atoms in total. The number of fused-ring (bicyclic) bond motifs is 1. The van der Waals surface area contributed by atoms with Crippen molar-refractivity contribution in [2.24, 2.45) is 5.92 Å². The van der Waals surface area contributed by atoms with E-state index in [4.69, 9.17) is 9.84 Å². The lowest BCUT2D eigenvalue weighted by Gasteiger charge is -2.17. The monoisotopic (exact) mass is 362 g/mol. The minimum absolute atomic E-state index is 0.184. The van der Waals surface area contributed by atoms with Gasteiger partial charge in [0.05, 0.1) is 17.4 Å². The fraction of sp³-hybridized carbons (Fsp3) is 0.318. The number of benzene rings is 1. The number of para-hydroxylation sites is 1. The first-order valence-electron chi connectivity index (χ1n) is 9.34. The predicted molar refractivity (Wildman–Crippen MR) is 103 cm³/mol. The van der Waals surface area contributed by atoms with Crippen LogP contribution in [0.1, 0.15) is 43.0 Å². The predicted octanol–water partition coefficient (Wildman–Crippen LogP) is 4.57. The van der Waals surface area contributed by atoms with Gasteiger partial charge in [0.15, 0.2) is 0 Å².